The summed E-state index contributed by atoms with van der Waals surface area (Å²) in [7, 11) is 0. The van der Waals surface area contributed by atoms with Gasteiger partial charge in [0.05, 0.1) is 5.76 Å². The second-order valence-corrected chi connectivity index (χ2v) is 2.61. The predicted octanol–water partition coefficient (Wildman–Crippen LogP) is 1.43. The zero-order valence-electron chi connectivity index (χ0n) is 6.26. The lowest BCUT2D eigenvalue weighted by Crippen LogP contribution is -2.12. The van der Waals surface area contributed by atoms with Gasteiger partial charge >= 0.3 is 0 Å². The number of hydrogen-bond acceptors (Lipinski definition) is 2. The van der Waals surface area contributed by atoms with E-state index in [-0.39, 0.29) is 12.0 Å². The Balaban J connectivity index is 3.84. The minimum atomic E-state index is -0.0487. The topological polar surface area (TPSA) is 46.2 Å². The van der Waals surface area contributed by atoms with Gasteiger partial charge in [0.2, 0.25) is 0 Å². The van der Waals surface area contributed by atoms with E-state index in [1.54, 1.807) is 6.08 Å². The number of allylic oxidation sites excluding steroid dienone is 1. The molecule has 0 fully saturated rings. The predicted molar refractivity (Wildman–Crippen MR) is 39.2 cm³/mol. The fourth-order valence-electron chi connectivity index (χ4n) is 0.462. The molecular formula is C7H15NO. The average Bonchev–Trinajstić information content (AvgIpc) is 1.63. The quantitative estimate of drug-likeness (QED) is 0.554. The lowest BCUT2D eigenvalue weighted by molar-refractivity contribution is 0.348. The Labute approximate surface area is 56.4 Å². The molecule has 0 heterocycles. The first-order chi connectivity index (χ1) is 4.04. The zero-order chi connectivity index (χ0) is 7.44. The molecule has 0 aliphatic carbocycles. The maximum absolute atomic E-state index is 9.08. The Hall–Kier alpha value is -0.500. The summed E-state index contributed by atoms with van der Waals surface area (Å²) >= 11 is 0. The third-order valence-corrected chi connectivity index (χ3v) is 1.03. The molecule has 0 aliphatic heterocycles. The molecule has 0 bridgehead atoms. The van der Waals surface area contributed by atoms with E-state index < -0.39 is 0 Å². The van der Waals surface area contributed by atoms with Gasteiger partial charge in [0.1, 0.15) is 0 Å². The normalized spacial score (nSPS) is 16.3. The van der Waals surface area contributed by atoms with E-state index in [2.05, 4.69) is 0 Å². The molecule has 0 aliphatic rings. The Morgan fingerprint density at radius 2 is 1.89 bits per heavy atom. The minimum absolute atomic E-state index is 0.0487. The molecular weight excluding hydrogens is 114 g/mol. The van der Waals surface area contributed by atoms with E-state index in [0.717, 1.165) is 0 Å². The van der Waals surface area contributed by atoms with Crippen LogP contribution in [0.2, 0.25) is 0 Å². The van der Waals surface area contributed by atoms with Crippen LogP contribution in [0.15, 0.2) is 11.8 Å². The van der Waals surface area contributed by atoms with Gasteiger partial charge in [-0.3, -0.25) is 0 Å². The highest BCUT2D eigenvalue weighted by Gasteiger charge is 1.99. The van der Waals surface area contributed by atoms with Crippen molar-refractivity contribution in [1.82, 2.24) is 0 Å². The fraction of sp³-hybridized carbons (Fsp3) is 0.714. The summed E-state index contributed by atoms with van der Waals surface area (Å²) in [6.45, 7) is 5.68. The molecule has 0 rings (SSSR count). The number of rotatable bonds is 2. The van der Waals surface area contributed by atoms with Crippen molar-refractivity contribution in [1.29, 1.82) is 0 Å². The van der Waals surface area contributed by atoms with E-state index >= 15 is 0 Å². The lowest BCUT2D eigenvalue weighted by Gasteiger charge is -2.04. The first kappa shape index (κ1) is 8.50. The second kappa shape index (κ2) is 3.51. The van der Waals surface area contributed by atoms with Crippen molar-refractivity contribution in [2.24, 2.45) is 11.7 Å². The van der Waals surface area contributed by atoms with Crippen LogP contribution in [-0.4, -0.2) is 11.1 Å². The highest BCUT2D eigenvalue weighted by atomic mass is 16.3. The average molecular weight is 129 g/mol. The molecule has 54 valence electrons. The highest BCUT2D eigenvalue weighted by Crippen LogP contribution is 2.04. The van der Waals surface area contributed by atoms with Crippen molar-refractivity contribution < 1.29 is 5.11 Å². The summed E-state index contributed by atoms with van der Waals surface area (Å²) in [6.07, 6.45) is 1.66. The van der Waals surface area contributed by atoms with Crippen LogP contribution in [0.5, 0.6) is 0 Å². The lowest BCUT2D eigenvalue weighted by atomic mass is 10.1. The number of nitrogens with two attached hydrogens (primary N) is 1. The van der Waals surface area contributed by atoms with Gasteiger partial charge in [-0.1, -0.05) is 13.8 Å². The van der Waals surface area contributed by atoms with Crippen molar-refractivity contribution in [3.05, 3.63) is 11.8 Å². The van der Waals surface area contributed by atoms with E-state index in [9.17, 15) is 0 Å². The Morgan fingerprint density at radius 1 is 1.44 bits per heavy atom. The monoisotopic (exact) mass is 129 g/mol. The molecule has 3 N–H and O–H groups in total. The van der Waals surface area contributed by atoms with E-state index in [1.165, 1.54) is 0 Å². The van der Waals surface area contributed by atoms with Gasteiger partial charge in [-0.25, -0.2) is 0 Å². The molecule has 0 radical (unpaired) electrons. The van der Waals surface area contributed by atoms with Crippen LogP contribution >= 0.6 is 0 Å². The first-order valence-corrected chi connectivity index (χ1v) is 3.20. The van der Waals surface area contributed by atoms with Crippen molar-refractivity contribution in [3.8, 4) is 0 Å². The molecule has 9 heavy (non-hydrogen) atoms. The summed E-state index contributed by atoms with van der Waals surface area (Å²) in [5.74, 6) is 0.570. The molecule has 0 aromatic carbocycles. The van der Waals surface area contributed by atoms with Crippen LogP contribution in [0.25, 0.3) is 0 Å². The molecule has 0 saturated carbocycles. The van der Waals surface area contributed by atoms with Crippen molar-refractivity contribution in [2.75, 3.05) is 0 Å². The van der Waals surface area contributed by atoms with Crippen LogP contribution in [0, 0.1) is 5.92 Å². The SMILES string of the molecule is CC(C)/C(O)=C\[C@@H](C)N. The van der Waals surface area contributed by atoms with Gasteiger partial charge in [-0.2, -0.15) is 0 Å². The minimum Gasteiger partial charge on any atom is -0.512 e. The van der Waals surface area contributed by atoms with Crippen LogP contribution < -0.4 is 5.73 Å². The van der Waals surface area contributed by atoms with Crippen LogP contribution in [0.4, 0.5) is 0 Å². The third-order valence-electron chi connectivity index (χ3n) is 1.03. The molecule has 0 aromatic heterocycles. The summed E-state index contributed by atoms with van der Waals surface area (Å²) < 4.78 is 0. The molecule has 0 unspecified atom stereocenters. The van der Waals surface area contributed by atoms with Gasteiger partial charge in [-0.15, -0.1) is 0 Å². The maximum Gasteiger partial charge on any atom is 0.0923 e. The van der Waals surface area contributed by atoms with Crippen molar-refractivity contribution in [3.63, 3.8) is 0 Å². The Morgan fingerprint density at radius 3 is 2.00 bits per heavy atom. The van der Waals surface area contributed by atoms with Crippen LogP contribution in [0.3, 0.4) is 0 Å². The highest BCUT2D eigenvalue weighted by molar-refractivity contribution is 4.98. The molecule has 0 saturated heterocycles. The second-order valence-electron chi connectivity index (χ2n) is 2.61. The first-order valence-electron chi connectivity index (χ1n) is 3.20. The zero-order valence-corrected chi connectivity index (χ0v) is 6.26. The Kier molecular flexibility index (Phi) is 3.32. The summed E-state index contributed by atoms with van der Waals surface area (Å²) in [5.41, 5.74) is 5.39. The van der Waals surface area contributed by atoms with Crippen molar-refractivity contribution in [2.45, 2.75) is 26.8 Å². The summed E-state index contributed by atoms with van der Waals surface area (Å²) in [5, 5.41) is 9.08. The molecule has 0 amide bonds. The molecule has 0 aromatic rings. The largest absolute Gasteiger partial charge is 0.512 e. The van der Waals surface area contributed by atoms with E-state index in [0.29, 0.717) is 5.76 Å². The van der Waals surface area contributed by atoms with Gasteiger partial charge in [0.25, 0.3) is 0 Å². The fourth-order valence-corrected chi connectivity index (χ4v) is 0.462. The molecule has 2 heteroatoms. The van der Waals surface area contributed by atoms with Crippen molar-refractivity contribution >= 4 is 0 Å². The number of aliphatic hydroxyl groups excluding tert-OH is 1. The number of hydrogen-bond donors (Lipinski definition) is 2. The van der Waals surface area contributed by atoms with Gasteiger partial charge in [0.15, 0.2) is 0 Å². The molecule has 2 nitrogen and oxygen atoms in total. The third kappa shape index (κ3) is 4.03. The van der Waals surface area contributed by atoms with Gasteiger partial charge in [-0.05, 0) is 13.0 Å². The summed E-state index contributed by atoms with van der Waals surface area (Å²) in [6, 6.07) is -0.0487. The standard InChI is InChI=1S/C7H15NO/c1-5(2)7(9)4-6(3)8/h4-6,9H,8H2,1-3H3/b7-4+/t6-/m1/s1. The maximum atomic E-state index is 9.08. The molecule has 1 atom stereocenters. The number of aliphatic hydroxyl groups is 1. The van der Waals surface area contributed by atoms with Gasteiger partial charge < -0.3 is 10.8 Å². The van der Waals surface area contributed by atoms with Crippen LogP contribution in [-0.2, 0) is 0 Å². The smallest absolute Gasteiger partial charge is 0.0923 e. The summed E-state index contributed by atoms with van der Waals surface area (Å²) in [4.78, 5) is 0. The molecule has 0 spiro atoms. The van der Waals surface area contributed by atoms with E-state index in [4.69, 9.17) is 10.8 Å². The Bertz CT molecular complexity index is 105. The van der Waals surface area contributed by atoms with Crippen LogP contribution in [0.1, 0.15) is 20.8 Å². The van der Waals surface area contributed by atoms with Gasteiger partial charge in [0, 0.05) is 12.0 Å². The van der Waals surface area contributed by atoms with E-state index in [1.807, 2.05) is 20.8 Å².